The molecule has 7 heteroatoms. The summed E-state index contributed by atoms with van der Waals surface area (Å²) in [5.41, 5.74) is 6.53. The molecule has 1 aromatic carbocycles. The van der Waals surface area contributed by atoms with Crippen molar-refractivity contribution >= 4 is 22.9 Å². The van der Waals surface area contributed by atoms with Crippen LogP contribution in [-0.4, -0.2) is 27.1 Å². The number of aromatic nitrogens is 2. The summed E-state index contributed by atoms with van der Waals surface area (Å²) in [6.45, 7) is 4.23. The molecule has 0 unspecified atom stereocenters. The second kappa shape index (κ2) is 7.13. The number of primary amides is 1. The molecule has 0 spiro atoms. The summed E-state index contributed by atoms with van der Waals surface area (Å²) < 4.78 is 8.16. The molecule has 2 rings (SSSR count). The first kappa shape index (κ1) is 16.8. The van der Waals surface area contributed by atoms with E-state index in [0.29, 0.717) is 6.54 Å². The summed E-state index contributed by atoms with van der Waals surface area (Å²) in [4.78, 5) is 35.2. The summed E-state index contributed by atoms with van der Waals surface area (Å²) in [6.07, 6.45) is -0.135. The number of hydrogen-bond acceptors (Lipinski definition) is 4. The monoisotopic (exact) mass is 319 g/mol. The topological polar surface area (TPSA) is 96.3 Å². The number of aryl methyl sites for hydroxylation is 2. The average Bonchev–Trinajstić information content (AvgIpc) is 2.78. The number of hydrogen-bond donors (Lipinski definition) is 1. The van der Waals surface area contributed by atoms with Gasteiger partial charge < -0.3 is 10.5 Å². The van der Waals surface area contributed by atoms with Crippen LogP contribution in [0.2, 0.25) is 0 Å². The van der Waals surface area contributed by atoms with E-state index in [1.54, 1.807) is 9.13 Å². The molecular formula is C16H21N3O4. The van der Waals surface area contributed by atoms with Crippen LogP contribution in [0.1, 0.15) is 26.7 Å². The van der Waals surface area contributed by atoms with E-state index in [0.717, 1.165) is 17.5 Å². The molecule has 0 aliphatic rings. The fourth-order valence-corrected chi connectivity index (χ4v) is 2.45. The van der Waals surface area contributed by atoms with Gasteiger partial charge in [0.1, 0.15) is 0 Å². The molecule has 1 atom stereocenters. The standard InChI is InChI=1S/C16H21N3O4/c1-3-9-18-12-6-4-5-7-13(12)19(16(18)22)10-8-14(20)23-11(2)15(17)21/h4-7,11H,3,8-10H2,1-2H3,(H2,17,21)/t11-/m1/s1. The lowest BCUT2D eigenvalue weighted by atomic mass is 10.3. The predicted molar refractivity (Wildman–Crippen MR) is 85.9 cm³/mol. The van der Waals surface area contributed by atoms with E-state index in [1.807, 2.05) is 31.2 Å². The molecule has 0 aliphatic heterocycles. The van der Waals surface area contributed by atoms with Gasteiger partial charge in [0, 0.05) is 13.1 Å². The van der Waals surface area contributed by atoms with Gasteiger partial charge in [0.15, 0.2) is 6.10 Å². The maximum atomic E-state index is 12.5. The quantitative estimate of drug-likeness (QED) is 0.771. The minimum atomic E-state index is -0.972. The minimum absolute atomic E-state index is 0.00232. The molecule has 0 fully saturated rings. The number of esters is 1. The molecule has 0 radical (unpaired) electrons. The lowest BCUT2D eigenvalue weighted by molar-refractivity contribution is -0.153. The highest BCUT2D eigenvalue weighted by molar-refractivity contribution is 5.82. The van der Waals surface area contributed by atoms with E-state index in [2.05, 4.69) is 0 Å². The van der Waals surface area contributed by atoms with Crippen molar-refractivity contribution in [1.82, 2.24) is 9.13 Å². The summed E-state index contributed by atoms with van der Waals surface area (Å²) in [5, 5.41) is 0. The molecule has 2 aromatic rings. The molecule has 2 N–H and O–H groups in total. The Morgan fingerprint density at radius 2 is 1.74 bits per heavy atom. The van der Waals surface area contributed by atoms with Crippen molar-refractivity contribution in [3.05, 3.63) is 34.7 Å². The number of nitrogens with two attached hydrogens (primary N) is 1. The number of amides is 1. The predicted octanol–water partition coefficient (Wildman–Crippen LogP) is 1.02. The number of imidazole rings is 1. The van der Waals surface area contributed by atoms with Gasteiger partial charge in [-0.15, -0.1) is 0 Å². The van der Waals surface area contributed by atoms with Crippen LogP contribution in [0.3, 0.4) is 0 Å². The average molecular weight is 319 g/mol. The van der Waals surface area contributed by atoms with Gasteiger partial charge in [0.05, 0.1) is 17.5 Å². The van der Waals surface area contributed by atoms with Crippen molar-refractivity contribution in [2.24, 2.45) is 5.73 Å². The minimum Gasteiger partial charge on any atom is -0.453 e. The van der Waals surface area contributed by atoms with Gasteiger partial charge in [0.2, 0.25) is 0 Å². The lowest BCUT2D eigenvalue weighted by Crippen LogP contribution is -2.31. The van der Waals surface area contributed by atoms with Gasteiger partial charge in [-0.3, -0.25) is 18.7 Å². The largest absolute Gasteiger partial charge is 0.453 e. The number of fused-ring (bicyclic) bond motifs is 1. The number of benzene rings is 1. The third-order valence-corrected chi connectivity index (χ3v) is 3.62. The van der Waals surface area contributed by atoms with Crippen LogP contribution >= 0.6 is 0 Å². The van der Waals surface area contributed by atoms with Gasteiger partial charge in [-0.1, -0.05) is 19.1 Å². The van der Waals surface area contributed by atoms with E-state index in [4.69, 9.17) is 10.5 Å². The van der Waals surface area contributed by atoms with Crippen LogP contribution in [0.15, 0.2) is 29.1 Å². The van der Waals surface area contributed by atoms with Crippen molar-refractivity contribution in [3.8, 4) is 0 Å². The SMILES string of the molecule is CCCn1c(=O)n(CCC(=O)O[C@H](C)C(N)=O)c2ccccc21. The van der Waals surface area contributed by atoms with Crippen molar-refractivity contribution in [2.45, 2.75) is 45.9 Å². The molecule has 124 valence electrons. The number of carbonyl (C=O) groups is 2. The molecule has 1 aromatic heterocycles. The van der Waals surface area contributed by atoms with E-state index < -0.39 is 18.0 Å². The Balaban J connectivity index is 2.20. The normalized spacial score (nSPS) is 12.3. The second-order valence-corrected chi connectivity index (χ2v) is 5.36. The van der Waals surface area contributed by atoms with E-state index in [-0.39, 0.29) is 18.7 Å². The van der Waals surface area contributed by atoms with Crippen molar-refractivity contribution < 1.29 is 14.3 Å². The van der Waals surface area contributed by atoms with E-state index >= 15 is 0 Å². The highest BCUT2D eigenvalue weighted by Gasteiger charge is 2.17. The smallest absolute Gasteiger partial charge is 0.329 e. The Morgan fingerprint density at radius 3 is 2.26 bits per heavy atom. The Hall–Kier alpha value is -2.57. The van der Waals surface area contributed by atoms with Crippen LogP contribution in [0, 0.1) is 0 Å². The molecule has 23 heavy (non-hydrogen) atoms. The highest BCUT2D eigenvalue weighted by Crippen LogP contribution is 2.13. The first-order valence-electron chi connectivity index (χ1n) is 7.62. The summed E-state index contributed by atoms with van der Waals surface area (Å²) in [5.74, 6) is -1.26. The molecule has 0 bridgehead atoms. The first-order valence-corrected chi connectivity index (χ1v) is 7.62. The summed E-state index contributed by atoms with van der Waals surface area (Å²) in [7, 11) is 0. The number of ether oxygens (including phenoxy) is 1. The zero-order chi connectivity index (χ0) is 17.0. The van der Waals surface area contributed by atoms with Gasteiger partial charge >= 0.3 is 11.7 Å². The lowest BCUT2D eigenvalue weighted by Gasteiger charge is -2.09. The molecular weight excluding hydrogens is 298 g/mol. The molecule has 0 aliphatic carbocycles. The number of para-hydroxylation sites is 2. The Kier molecular flexibility index (Phi) is 5.20. The van der Waals surface area contributed by atoms with Crippen LogP contribution in [0.4, 0.5) is 0 Å². The zero-order valence-electron chi connectivity index (χ0n) is 13.3. The van der Waals surface area contributed by atoms with Crippen LogP contribution in [0.5, 0.6) is 0 Å². The van der Waals surface area contributed by atoms with Gasteiger partial charge in [0.25, 0.3) is 5.91 Å². The fraction of sp³-hybridized carbons (Fsp3) is 0.438. The summed E-state index contributed by atoms with van der Waals surface area (Å²) in [6, 6.07) is 7.46. The molecule has 7 nitrogen and oxygen atoms in total. The van der Waals surface area contributed by atoms with Crippen LogP contribution in [-0.2, 0) is 27.4 Å². The summed E-state index contributed by atoms with van der Waals surface area (Å²) >= 11 is 0. The zero-order valence-corrected chi connectivity index (χ0v) is 13.3. The Labute approximate surface area is 133 Å². The maximum absolute atomic E-state index is 12.5. The van der Waals surface area contributed by atoms with E-state index in [9.17, 15) is 14.4 Å². The molecule has 1 heterocycles. The number of rotatable bonds is 7. The molecule has 0 saturated heterocycles. The number of carbonyl (C=O) groups excluding carboxylic acids is 2. The van der Waals surface area contributed by atoms with Crippen LogP contribution in [0.25, 0.3) is 11.0 Å². The highest BCUT2D eigenvalue weighted by atomic mass is 16.5. The maximum Gasteiger partial charge on any atom is 0.329 e. The van der Waals surface area contributed by atoms with Crippen molar-refractivity contribution in [1.29, 1.82) is 0 Å². The Bertz CT molecular complexity index is 775. The van der Waals surface area contributed by atoms with Crippen molar-refractivity contribution in [2.75, 3.05) is 0 Å². The number of nitrogens with zero attached hydrogens (tertiary/aromatic N) is 2. The third kappa shape index (κ3) is 3.61. The van der Waals surface area contributed by atoms with Gasteiger partial charge in [-0.05, 0) is 25.5 Å². The molecule has 0 saturated carbocycles. The van der Waals surface area contributed by atoms with Crippen molar-refractivity contribution in [3.63, 3.8) is 0 Å². The van der Waals surface area contributed by atoms with Gasteiger partial charge in [-0.25, -0.2) is 4.79 Å². The van der Waals surface area contributed by atoms with Crippen LogP contribution < -0.4 is 11.4 Å². The second-order valence-electron chi connectivity index (χ2n) is 5.36. The fourth-order valence-electron chi connectivity index (χ4n) is 2.45. The third-order valence-electron chi connectivity index (χ3n) is 3.62. The molecule has 1 amide bonds. The first-order chi connectivity index (χ1) is 11.0. The van der Waals surface area contributed by atoms with E-state index in [1.165, 1.54) is 6.92 Å². The van der Waals surface area contributed by atoms with Gasteiger partial charge in [-0.2, -0.15) is 0 Å². The Morgan fingerprint density at radius 1 is 1.17 bits per heavy atom.